The second-order valence-electron chi connectivity index (χ2n) is 7.08. The van der Waals surface area contributed by atoms with Crippen molar-refractivity contribution in [2.24, 2.45) is 11.8 Å². The van der Waals surface area contributed by atoms with E-state index < -0.39 is 0 Å². The summed E-state index contributed by atoms with van der Waals surface area (Å²) < 4.78 is 5.98. The molecule has 1 aliphatic carbocycles. The van der Waals surface area contributed by atoms with Crippen LogP contribution >= 0.6 is 0 Å². The van der Waals surface area contributed by atoms with Crippen LogP contribution in [-0.2, 0) is 10.2 Å². The second-order valence-corrected chi connectivity index (χ2v) is 7.08. The molecule has 1 aliphatic rings. The van der Waals surface area contributed by atoms with Gasteiger partial charge < -0.3 is 9.84 Å². The highest BCUT2D eigenvalue weighted by molar-refractivity contribution is 5.25. The highest BCUT2D eigenvalue weighted by Crippen LogP contribution is 2.43. The Hall–Kier alpha value is -1.70. The van der Waals surface area contributed by atoms with Crippen LogP contribution in [0.15, 0.2) is 55.0 Å². The molecule has 0 heterocycles. The van der Waals surface area contributed by atoms with Gasteiger partial charge in [-0.3, -0.25) is 0 Å². The highest BCUT2D eigenvalue weighted by atomic mass is 16.5. The summed E-state index contributed by atoms with van der Waals surface area (Å²) >= 11 is 0. The minimum Gasteiger partial charge on any atom is -0.508 e. The minimum absolute atomic E-state index is 0.0303. The number of benzene rings is 1. The molecule has 120 valence electrons. The molecule has 22 heavy (non-hydrogen) atoms. The lowest BCUT2D eigenvalue weighted by Gasteiger charge is -2.43. The maximum absolute atomic E-state index is 9.18. The zero-order valence-electron chi connectivity index (χ0n) is 14.0. The van der Waals surface area contributed by atoms with Crippen LogP contribution in [-0.4, -0.2) is 11.2 Å². The van der Waals surface area contributed by atoms with Gasteiger partial charge >= 0.3 is 0 Å². The number of hydrogen-bond donors (Lipinski definition) is 1. The first kappa shape index (κ1) is 16.7. The maximum Gasteiger partial charge on any atom is 0.111 e. The first-order chi connectivity index (χ1) is 10.4. The third kappa shape index (κ3) is 3.94. The first-order valence-electron chi connectivity index (χ1n) is 8.16. The number of rotatable bonds is 5. The molecule has 1 saturated carbocycles. The average molecular weight is 300 g/mol. The van der Waals surface area contributed by atoms with E-state index >= 15 is 0 Å². The van der Waals surface area contributed by atoms with E-state index in [9.17, 15) is 5.11 Å². The molecule has 1 aromatic rings. The van der Waals surface area contributed by atoms with E-state index in [1.807, 2.05) is 0 Å². The predicted octanol–water partition coefficient (Wildman–Crippen LogP) is 5.37. The quantitative estimate of drug-likeness (QED) is 0.585. The van der Waals surface area contributed by atoms with Crippen molar-refractivity contribution in [1.29, 1.82) is 0 Å². The molecular weight excluding hydrogens is 272 g/mol. The second kappa shape index (κ2) is 7.04. The molecule has 3 atom stereocenters. The van der Waals surface area contributed by atoms with Gasteiger partial charge in [0.15, 0.2) is 0 Å². The van der Waals surface area contributed by atoms with Gasteiger partial charge in [0, 0.05) is 12.0 Å². The third-order valence-corrected chi connectivity index (χ3v) is 5.01. The lowest BCUT2D eigenvalue weighted by Crippen LogP contribution is -2.42. The molecule has 2 unspecified atom stereocenters. The SMILES string of the molecule is C=C(O)/C=C/OC1C[C@H](C)CCC1C(C)(C)c1ccccc1. The zero-order chi connectivity index (χ0) is 16.2. The largest absolute Gasteiger partial charge is 0.508 e. The molecule has 0 spiro atoms. The molecule has 0 bridgehead atoms. The highest BCUT2D eigenvalue weighted by Gasteiger charge is 2.40. The summed E-state index contributed by atoms with van der Waals surface area (Å²) in [5.41, 5.74) is 1.43. The predicted molar refractivity (Wildman–Crippen MR) is 91.8 cm³/mol. The normalized spacial score (nSPS) is 26.0. The molecule has 0 aromatic heterocycles. The van der Waals surface area contributed by atoms with E-state index in [0.29, 0.717) is 11.8 Å². The smallest absolute Gasteiger partial charge is 0.111 e. The molecule has 1 aromatic carbocycles. The first-order valence-corrected chi connectivity index (χ1v) is 8.16. The van der Waals surface area contributed by atoms with Crippen LogP contribution in [0.25, 0.3) is 0 Å². The Labute approximate surface area is 134 Å². The van der Waals surface area contributed by atoms with Crippen LogP contribution in [0.1, 0.15) is 45.6 Å². The minimum atomic E-state index is 0.0303. The summed E-state index contributed by atoms with van der Waals surface area (Å²) in [5, 5.41) is 9.18. The summed E-state index contributed by atoms with van der Waals surface area (Å²) in [6, 6.07) is 10.7. The summed E-state index contributed by atoms with van der Waals surface area (Å²) in [6.07, 6.45) is 6.77. The van der Waals surface area contributed by atoms with Crippen molar-refractivity contribution < 1.29 is 9.84 Å². The van der Waals surface area contributed by atoms with Crippen LogP contribution in [0.3, 0.4) is 0 Å². The number of hydrogen-bond acceptors (Lipinski definition) is 2. The van der Waals surface area contributed by atoms with Crippen molar-refractivity contribution in [2.75, 3.05) is 0 Å². The fraction of sp³-hybridized carbons (Fsp3) is 0.500. The van der Waals surface area contributed by atoms with Gasteiger partial charge in [0.25, 0.3) is 0 Å². The van der Waals surface area contributed by atoms with Gasteiger partial charge in [-0.1, -0.05) is 64.1 Å². The molecule has 0 saturated heterocycles. The molecule has 2 nitrogen and oxygen atoms in total. The van der Waals surface area contributed by atoms with Crippen molar-refractivity contribution in [3.63, 3.8) is 0 Å². The Bertz CT molecular complexity index is 516. The van der Waals surface area contributed by atoms with Crippen molar-refractivity contribution in [2.45, 2.75) is 51.6 Å². The Morgan fingerprint density at radius 3 is 2.59 bits per heavy atom. The lowest BCUT2D eigenvalue weighted by atomic mass is 9.64. The lowest BCUT2D eigenvalue weighted by molar-refractivity contribution is 0.00235. The molecular formula is C20H28O2. The Kier molecular flexibility index (Phi) is 5.33. The van der Waals surface area contributed by atoms with Gasteiger partial charge in [-0.2, -0.15) is 0 Å². The van der Waals surface area contributed by atoms with E-state index in [0.717, 1.165) is 6.42 Å². The van der Waals surface area contributed by atoms with Crippen LogP contribution in [0.2, 0.25) is 0 Å². The van der Waals surface area contributed by atoms with Gasteiger partial charge in [-0.05, 0) is 29.7 Å². The number of ether oxygens (including phenoxy) is 1. The van der Waals surface area contributed by atoms with E-state index in [2.05, 4.69) is 57.7 Å². The van der Waals surface area contributed by atoms with Crippen LogP contribution in [0, 0.1) is 11.8 Å². The average Bonchev–Trinajstić information content (AvgIpc) is 2.47. The standard InChI is InChI=1S/C20H28O2/c1-15-10-11-18(19(14-15)22-13-12-16(2)21)20(3,4)17-8-6-5-7-9-17/h5-9,12-13,15,18-19,21H,2,10-11,14H2,1,3-4H3/b13-12+/t15-,18?,19?/m1/s1. The van der Waals surface area contributed by atoms with Crippen molar-refractivity contribution in [3.8, 4) is 0 Å². The molecule has 1 N–H and O–H groups in total. The van der Waals surface area contributed by atoms with E-state index in [-0.39, 0.29) is 17.3 Å². The van der Waals surface area contributed by atoms with Crippen LogP contribution < -0.4 is 0 Å². The molecule has 0 amide bonds. The van der Waals surface area contributed by atoms with Crippen LogP contribution in [0.5, 0.6) is 0 Å². The monoisotopic (exact) mass is 300 g/mol. The van der Waals surface area contributed by atoms with Gasteiger partial charge in [0.2, 0.25) is 0 Å². The van der Waals surface area contributed by atoms with Gasteiger partial charge in [0.1, 0.15) is 11.9 Å². The Morgan fingerprint density at radius 2 is 1.95 bits per heavy atom. The number of aliphatic hydroxyl groups is 1. The molecule has 0 aliphatic heterocycles. The maximum atomic E-state index is 9.18. The fourth-order valence-electron chi connectivity index (χ4n) is 3.61. The Morgan fingerprint density at radius 1 is 1.27 bits per heavy atom. The van der Waals surface area contributed by atoms with Crippen molar-refractivity contribution in [3.05, 3.63) is 60.6 Å². The molecule has 2 heteroatoms. The van der Waals surface area contributed by atoms with Crippen molar-refractivity contribution >= 4 is 0 Å². The van der Waals surface area contributed by atoms with E-state index in [1.165, 1.54) is 24.5 Å². The molecule has 2 rings (SSSR count). The summed E-state index contributed by atoms with van der Waals surface area (Å²) in [4.78, 5) is 0. The van der Waals surface area contributed by atoms with Gasteiger partial charge in [-0.15, -0.1) is 0 Å². The summed E-state index contributed by atoms with van der Waals surface area (Å²) in [5.74, 6) is 1.17. The summed E-state index contributed by atoms with van der Waals surface area (Å²) in [6.45, 7) is 10.4. The van der Waals surface area contributed by atoms with Gasteiger partial charge in [-0.25, -0.2) is 0 Å². The fourth-order valence-corrected chi connectivity index (χ4v) is 3.61. The third-order valence-electron chi connectivity index (χ3n) is 5.01. The number of allylic oxidation sites excluding steroid dienone is 1. The van der Waals surface area contributed by atoms with E-state index in [4.69, 9.17) is 4.74 Å². The summed E-state index contributed by atoms with van der Waals surface area (Å²) in [7, 11) is 0. The number of aliphatic hydroxyl groups excluding tert-OH is 1. The molecule has 1 fully saturated rings. The zero-order valence-corrected chi connectivity index (χ0v) is 14.0. The topological polar surface area (TPSA) is 29.5 Å². The van der Waals surface area contributed by atoms with Crippen molar-refractivity contribution in [1.82, 2.24) is 0 Å². The Balaban J connectivity index is 2.19. The van der Waals surface area contributed by atoms with E-state index in [1.54, 1.807) is 6.26 Å². The van der Waals surface area contributed by atoms with Gasteiger partial charge in [0.05, 0.1) is 6.26 Å². The molecule has 0 radical (unpaired) electrons. The van der Waals surface area contributed by atoms with Crippen LogP contribution in [0.4, 0.5) is 0 Å².